The molecule has 1 aliphatic heterocycles. The number of nitrogens with one attached hydrogen (secondary N) is 1. The van der Waals surface area contributed by atoms with Crippen molar-refractivity contribution in [3.63, 3.8) is 0 Å². The monoisotopic (exact) mass is 338 g/mol. The van der Waals surface area contributed by atoms with Crippen LogP contribution >= 0.6 is 0 Å². The highest BCUT2D eigenvalue weighted by molar-refractivity contribution is 5.58. The van der Waals surface area contributed by atoms with Gasteiger partial charge in [0.15, 0.2) is 0 Å². The molecular weight excluding hydrogens is 323 g/mol. The van der Waals surface area contributed by atoms with Gasteiger partial charge in [-0.25, -0.2) is 4.39 Å². The summed E-state index contributed by atoms with van der Waals surface area (Å²) in [6.45, 7) is 2.50. The summed E-state index contributed by atoms with van der Waals surface area (Å²) in [5.74, 6) is 1.58. The summed E-state index contributed by atoms with van der Waals surface area (Å²) in [5, 5.41) is 0. The molecule has 0 spiro atoms. The van der Waals surface area contributed by atoms with Crippen molar-refractivity contribution in [2.75, 3.05) is 6.61 Å². The van der Waals surface area contributed by atoms with Crippen LogP contribution in [0.25, 0.3) is 11.4 Å². The zero-order valence-corrected chi connectivity index (χ0v) is 13.5. The molecule has 0 unspecified atom stereocenters. The molecule has 0 saturated heterocycles. The van der Waals surface area contributed by atoms with Gasteiger partial charge in [-0.1, -0.05) is 0 Å². The highest BCUT2D eigenvalue weighted by Crippen LogP contribution is 2.34. The molecular formula is C19H15FN2O3. The fourth-order valence-corrected chi connectivity index (χ4v) is 2.81. The average Bonchev–Trinajstić information content (AvgIpc) is 2.61. The lowest BCUT2D eigenvalue weighted by molar-refractivity contribution is 0.340. The van der Waals surface area contributed by atoms with E-state index < -0.39 is 0 Å². The number of halogens is 1. The number of ether oxygens (including phenoxy) is 2. The van der Waals surface area contributed by atoms with Crippen LogP contribution in [0.3, 0.4) is 0 Å². The van der Waals surface area contributed by atoms with Crippen molar-refractivity contribution < 1.29 is 13.9 Å². The average molecular weight is 338 g/mol. The second-order valence-corrected chi connectivity index (χ2v) is 5.69. The van der Waals surface area contributed by atoms with Crippen molar-refractivity contribution in [2.45, 2.75) is 13.3 Å². The third kappa shape index (κ3) is 2.87. The summed E-state index contributed by atoms with van der Waals surface area (Å²) >= 11 is 0. The van der Waals surface area contributed by atoms with Crippen molar-refractivity contribution in [1.82, 2.24) is 9.97 Å². The van der Waals surface area contributed by atoms with Crippen molar-refractivity contribution in [1.29, 1.82) is 0 Å². The Morgan fingerprint density at radius 2 is 2.04 bits per heavy atom. The molecule has 1 aliphatic rings. The Labute approximate surface area is 143 Å². The molecule has 3 aromatic rings. The van der Waals surface area contributed by atoms with Gasteiger partial charge >= 0.3 is 0 Å². The number of nitrogens with zero attached hydrogens (tertiary/aromatic N) is 1. The van der Waals surface area contributed by atoms with Crippen LogP contribution in [-0.4, -0.2) is 16.6 Å². The van der Waals surface area contributed by atoms with Gasteiger partial charge in [-0.05, 0) is 49.4 Å². The summed E-state index contributed by atoms with van der Waals surface area (Å²) in [5.41, 5.74) is 1.49. The minimum absolute atomic E-state index is 0.256. The van der Waals surface area contributed by atoms with Gasteiger partial charge in [-0.2, -0.15) is 4.98 Å². The van der Waals surface area contributed by atoms with Gasteiger partial charge in [0.25, 0.3) is 5.56 Å². The molecule has 1 aromatic heterocycles. The largest absolute Gasteiger partial charge is 0.494 e. The Balaban J connectivity index is 1.72. The predicted octanol–water partition coefficient (Wildman–Crippen LogP) is 3.67. The van der Waals surface area contributed by atoms with Gasteiger partial charge in [-0.15, -0.1) is 0 Å². The molecule has 2 heterocycles. The Bertz CT molecular complexity index is 997. The first-order valence-corrected chi connectivity index (χ1v) is 7.96. The van der Waals surface area contributed by atoms with Crippen LogP contribution in [0.1, 0.15) is 18.1 Å². The van der Waals surface area contributed by atoms with Crippen molar-refractivity contribution >= 4 is 0 Å². The number of hydrogen-bond donors (Lipinski definition) is 1. The summed E-state index contributed by atoms with van der Waals surface area (Å²) in [7, 11) is 0. The molecule has 0 amide bonds. The van der Waals surface area contributed by atoms with E-state index in [1.807, 2.05) is 31.2 Å². The predicted molar refractivity (Wildman–Crippen MR) is 90.7 cm³/mol. The SMILES string of the molecule is CCOc1ccc(-c2nc3c(c(=O)[nH]2)Cc2cc(F)ccc2O3)cc1. The normalized spacial score (nSPS) is 12.1. The number of fused-ring (bicyclic) bond motifs is 2. The summed E-state index contributed by atoms with van der Waals surface area (Å²) < 4.78 is 24.5. The van der Waals surface area contributed by atoms with Crippen LogP contribution in [-0.2, 0) is 6.42 Å². The molecule has 0 aliphatic carbocycles. The zero-order chi connectivity index (χ0) is 17.4. The second-order valence-electron chi connectivity index (χ2n) is 5.69. The van der Waals surface area contributed by atoms with Crippen molar-refractivity contribution in [3.8, 4) is 28.8 Å². The van der Waals surface area contributed by atoms with E-state index in [1.165, 1.54) is 12.1 Å². The van der Waals surface area contributed by atoms with E-state index in [0.29, 0.717) is 29.3 Å². The maximum absolute atomic E-state index is 13.4. The minimum Gasteiger partial charge on any atom is -0.494 e. The lowest BCUT2D eigenvalue weighted by Crippen LogP contribution is -2.20. The lowest BCUT2D eigenvalue weighted by Gasteiger charge is -2.19. The maximum Gasteiger partial charge on any atom is 0.258 e. The smallest absolute Gasteiger partial charge is 0.258 e. The van der Waals surface area contributed by atoms with Crippen LogP contribution < -0.4 is 15.0 Å². The number of H-pyrrole nitrogens is 1. The van der Waals surface area contributed by atoms with E-state index in [1.54, 1.807) is 6.07 Å². The maximum atomic E-state index is 13.4. The molecule has 4 rings (SSSR count). The van der Waals surface area contributed by atoms with Gasteiger partial charge < -0.3 is 14.5 Å². The third-order valence-electron chi connectivity index (χ3n) is 4.01. The van der Waals surface area contributed by atoms with Gasteiger partial charge in [0.2, 0.25) is 5.88 Å². The Kier molecular flexibility index (Phi) is 3.72. The number of benzene rings is 2. The number of aromatic amines is 1. The number of hydrogen-bond acceptors (Lipinski definition) is 4. The molecule has 25 heavy (non-hydrogen) atoms. The Morgan fingerprint density at radius 3 is 2.80 bits per heavy atom. The molecule has 2 aromatic carbocycles. The van der Waals surface area contributed by atoms with E-state index in [0.717, 1.165) is 11.3 Å². The standard InChI is InChI=1S/C19H15FN2O3/c1-2-24-14-6-3-11(4-7-14)17-21-18(23)15-10-12-9-13(20)5-8-16(12)25-19(15)22-17/h3-9H,2,10H2,1H3,(H,21,22,23). The van der Waals surface area contributed by atoms with Crippen molar-refractivity contribution in [3.05, 3.63) is 69.8 Å². The van der Waals surface area contributed by atoms with E-state index >= 15 is 0 Å². The summed E-state index contributed by atoms with van der Waals surface area (Å²) in [6, 6.07) is 11.5. The summed E-state index contributed by atoms with van der Waals surface area (Å²) in [4.78, 5) is 19.6. The first-order chi connectivity index (χ1) is 12.1. The van der Waals surface area contributed by atoms with Crippen LogP contribution in [0, 0.1) is 5.82 Å². The topological polar surface area (TPSA) is 64.2 Å². The van der Waals surface area contributed by atoms with Gasteiger partial charge in [0.1, 0.15) is 23.1 Å². The van der Waals surface area contributed by atoms with Crippen LogP contribution in [0.15, 0.2) is 47.3 Å². The minimum atomic E-state index is -0.360. The number of aromatic nitrogens is 2. The molecule has 0 saturated carbocycles. The van der Waals surface area contributed by atoms with E-state index in [-0.39, 0.29) is 23.7 Å². The van der Waals surface area contributed by atoms with Crippen LogP contribution in [0.5, 0.6) is 17.4 Å². The molecule has 5 nitrogen and oxygen atoms in total. The molecule has 0 bridgehead atoms. The van der Waals surface area contributed by atoms with Crippen LogP contribution in [0.4, 0.5) is 4.39 Å². The fraction of sp³-hybridized carbons (Fsp3) is 0.158. The second kappa shape index (κ2) is 6.05. The summed E-state index contributed by atoms with van der Waals surface area (Å²) in [6.07, 6.45) is 0.286. The number of rotatable bonds is 3. The zero-order valence-electron chi connectivity index (χ0n) is 13.5. The molecule has 0 radical (unpaired) electrons. The fourth-order valence-electron chi connectivity index (χ4n) is 2.81. The molecule has 0 fully saturated rings. The highest BCUT2D eigenvalue weighted by atomic mass is 19.1. The molecule has 126 valence electrons. The first kappa shape index (κ1) is 15.4. The Hall–Kier alpha value is -3.15. The molecule has 6 heteroatoms. The van der Waals surface area contributed by atoms with E-state index in [4.69, 9.17) is 9.47 Å². The first-order valence-electron chi connectivity index (χ1n) is 7.96. The Morgan fingerprint density at radius 1 is 1.24 bits per heavy atom. The molecule has 0 atom stereocenters. The van der Waals surface area contributed by atoms with Gasteiger partial charge in [0.05, 0.1) is 12.2 Å². The lowest BCUT2D eigenvalue weighted by atomic mass is 10.0. The van der Waals surface area contributed by atoms with E-state index in [2.05, 4.69) is 9.97 Å². The third-order valence-corrected chi connectivity index (χ3v) is 4.01. The highest BCUT2D eigenvalue weighted by Gasteiger charge is 2.22. The quantitative estimate of drug-likeness (QED) is 0.619. The van der Waals surface area contributed by atoms with Crippen molar-refractivity contribution in [2.24, 2.45) is 0 Å². The van der Waals surface area contributed by atoms with Gasteiger partial charge in [-0.3, -0.25) is 4.79 Å². The van der Waals surface area contributed by atoms with Crippen LogP contribution in [0.2, 0.25) is 0 Å². The van der Waals surface area contributed by atoms with Gasteiger partial charge in [0, 0.05) is 17.5 Å². The van der Waals surface area contributed by atoms with E-state index in [9.17, 15) is 9.18 Å². The molecule has 1 N–H and O–H groups in total.